The smallest absolute Gasteiger partial charge is 0.336 e. The Bertz CT molecular complexity index is 1140. The fourth-order valence-corrected chi connectivity index (χ4v) is 4.73. The van der Waals surface area contributed by atoms with Crippen LogP contribution in [0.1, 0.15) is 34.3 Å². The molecule has 27 heavy (non-hydrogen) atoms. The second-order valence-electron chi connectivity index (χ2n) is 6.86. The summed E-state index contributed by atoms with van der Waals surface area (Å²) in [6, 6.07) is 11.9. The maximum absolute atomic E-state index is 11.9. The van der Waals surface area contributed by atoms with Crippen LogP contribution in [0.15, 0.2) is 41.8 Å². The first-order valence-corrected chi connectivity index (χ1v) is 10.0. The number of fused-ring (bicyclic) bond motifs is 2. The molecule has 0 amide bonds. The third kappa shape index (κ3) is 3.03. The number of nitrogens with one attached hydrogen (secondary N) is 1. The molecular weight excluding hydrogens is 356 g/mol. The molecule has 5 heteroatoms. The van der Waals surface area contributed by atoms with Gasteiger partial charge < -0.3 is 15.8 Å². The molecule has 2 heterocycles. The fraction of sp³-hybridized carbons (Fsp3) is 0.227. The molecule has 2 aromatic carbocycles. The summed E-state index contributed by atoms with van der Waals surface area (Å²) in [5.41, 5.74) is 11.3. The number of aromatic carboxylic acids is 1. The number of H-pyrrole nitrogens is 1. The quantitative estimate of drug-likeness (QED) is 0.396. The van der Waals surface area contributed by atoms with E-state index in [1.165, 1.54) is 10.1 Å². The Labute approximate surface area is 161 Å². The number of carbonyl (C=O) groups is 1. The molecule has 0 aliphatic heterocycles. The molecule has 0 saturated carbocycles. The minimum Gasteiger partial charge on any atom is -0.478 e. The van der Waals surface area contributed by atoms with Crippen LogP contribution < -0.4 is 5.73 Å². The number of thiophene rings is 1. The van der Waals surface area contributed by atoms with Crippen molar-refractivity contribution in [2.75, 3.05) is 6.54 Å². The van der Waals surface area contributed by atoms with Crippen molar-refractivity contribution in [3.8, 4) is 11.3 Å². The van der Waals surface area contributed by atoms with Crippen LogP contribution in [0, 0.1) is 6.92 Å². The van der Waals surface area contributed by atoms with Gasteiger partial charge in [-0.3, -0.25) is 0 Å². The summed E-state index contributed by atoms with van der Waals surface area (Å²) in [7, 11) is 0. The Morgan fingerprint density at radius 2 is 2.00 bits per heavy atom. The van der Waals surface area contributed by atoms with Crippen molar-refractivity contribution in [1.29, 1.82) is 0 Å². The van der Waals surface area contributed by atoms with Crippen LogP contribution in [0.3, 0.4) is 0 Å². The maximum atomic E-state index is 11.9. The van der Waals surface area contributed by atoms with Gasteiger partial charge in [-0.1, -0.05) is 24.3 Å². The van der Waals surface area contributed by atoms with Crippen molar-refractivity contribution in [3.63, 3.8) is 0 Å². The number of hydrogen-bond acceptors (Lipinski definition) is 3. The maximum Gasteiger partial charge on any atom is 0.336 e. The molecule has 0 unspecified atom stereocenters. The highest BCUT2D eigenvalue weighted by atomic mass is 32.1. The van der Waals surface area contributed by atoms with E-state index < -0.39 is 5.97 Å². The van der Waals surface area contributed by atoms with E-state index in [0.717, 1.165) is 52.5 Å². The third-order valence-electron chi connectivity index (χ3n) is 5.13. The summed E-state index contributed by atoms with van der Waals surface area (Å²) in [4.78, 5) is 15.4. The van der Waals surface area contributed by atoms with E-state index in [0.29, 0.717) is 12.1 Å². The van der Waals surface area contributed by atoms with E-state index in [2.05, 4.69) is 22.5 Å². The van der Waals surface area contributed by atoms with Gasteiger partial charge in [-0.05, 0) is 56.0 Å². The van der Waals surface area contributed by atoms with Crippen LogP contribution in [0.5, 0.6) is 0 Å². The van der Waals surface area contributed by atoms with E-state index in [1.54, 1.807) is 17.4 Å². The van der Waals surface area contributed by atoms with Crippen LogP contribution in [0.25, 0.3) is 32.2 Å². The molecular formula is C22H22N2O2S. The topological polar surface area (TPSA) is 79.1 Å². The summed E-state index contributed by atoms with van der Waals surface area (Å²) in [6.07, 6.45) is 2.66. The summed E-state index contributed by atoms with van der Waals surface area (Å²) in [5.74, 6) is -0.888. The van der Waals surface area contributed by atoms with Gasteiger partial charge in [-0.25, -0.2) is 4.79 Å². The van der Waals surface area contributed by atoms with Crippen LogP contribution in [0.4, 0.5) is 0 Å². The summed E-state index contributed by atoms with van der Waals surface area (Å²) >= 11 is 1.71. The molecule has 0 aliphatic carbocycles. The molecule has 0 bridgehead atoms. The molecule has 138 valence electrons. The van der Waals surface area contributed by atoms with Gasteiger partial charge >= 0.3 is 5.97 Å². The van der Waals surface area contributed by atoms with Crippen LogP contribution in [-0.2, 0) is 6.42 Å². The van der Waals surface area contributed by atoms with Gasteiger partial charge in [0.05, 0.1) is 11.3 Å². The molecule has 4 aromatic rings. The van der Waals surface area contributed by atoms with Gasteiger partial charge in [0, 0.05) is 31.9 Å². The van der Waals surface area contributed by atoms with Crippen molar-refractivity contribution in [1.82, 2.24) is 4.98 Å². The molecule has 4 nitrogen and oxygen atoms in total. The van der Waals surface area contributed by atoms with E-state index in [4.69, 9.17) is 5.73 Å². The largest absolute Gasteiger partial charge is 0.478 e. The Kier molecular flexibility index (Phi) is 4.72. The van der Waals surface area contributed by atoms with Gasteiger partial charge in [-0.2, -0.15) is 0 Å². The predicted molar refractivity (Wildman–Crippen MR) is 113 cm³/mol. The molecule has 0 aliphatic rings. The van der Waals surface area contributed by atoms with Gasteiger partial charge in [0.15, 0.2) is 0 Å². The van der Waals surface area contributed by atoms with Crippen LogP contribution >= 0.6 is 11.3 Å². The molecule has 0 saturated heterocycles. The van der Waals surface area contributed by atoms with E-state index >= 15 is 0 Å². The Balaban J connectivity index is 2.02. The third-order valence-corrected chi connectivity index (χ3v) is 6.09. The molecule has 2 aromatic heterocycles. The Morgan fingerprint density at radius 1 is 1.19 bits per heavy atom. The number of aromatic nitrogens is 1. The number of hydrogen-bond donors (Lipinski definition) is 3. The van der Waals surface area contributed by atoms with Gasteiger partial charge in [0.25, 0.3) is 0 Å². The van der Waals surface area contributed by atoms with Gasteiger partial charge in [-0.15, -0.1) is 11.3 Å². The number of aryl methyl sites for hydroxylation is 2. The van der Waals surface area contributed by atoms with Crippen LogP contribution in [-0.4, -0.2) is 22.6 Å². The number of nitrogens with two attached hydrogens (primary N) is 1. The predicted octanol–water partition coefficient (Wildman–Crippen LogP) is 5.34. The molecule has 0 radical (unpaired) electrons. The van der Waals surface area contributed by atoms with E-state index in [1.807, 2.05) is 25.1 Å². The second kappa shape index (κ2) is 7.18. The number of rotatable bonds is 6. The van der Waals surface area contributed by atoms with Crippen molar-refractivity contribution >= 4 is 38.3 Å². The lowest BCUT2D eigenvalue weighted by atomic mass is 9.96. The first-order chi connectivity index (χ1) is 13.1. The monoisotopic (exact) mass is 378 g/mol. The fourth-order valence-electron chi connectivity index (χ4n) is 3.78. The number of unbranched alkanes of at least 4 members (excludes halogenated alkanes) is 1. The summed E-state index contributed by atoms with van der Waals surface area (Å²) in [6.45, 7) is 2.66. The molecule has 0 fully saturated rings. The second-order valence-corrected chi connectivity index (χ2v) is 7.77. The Morgan fingerprint density at radius 3 is 2.78 bits per heavy atom. The highest BCUT2D eigenvalue weighted by molar-refractivity contribution is 7.17. The molecule has 0 spiro atoms. The summed E-state index contributed by atoms with van der Waals surface area (Å²) < 4.78 is 1.23. The number of benzene rings is 2. The number of carboxylic acids is 1. The van der Waals surface area contributed by atoms with Crippen molar-refractivity contribution in [2.45, 2.75) is 26.2 Å². The van der Waals surface area contributed by atoms with Gasteiger partial charge in [0.2, 0.25) is 0 Å². The minimum absolute atomic E-state index is 0.361. The van der Waals surface area contributed by atoms with E-state index in [9.17, 15) is 9.90 Å². The molecule has 4 rings (SSSR count). The normalized spacial score (nSPS) is 11.5. The Hall–Kier alpha value is -2.63. The molecule has 4 N–H and O–H groups in total. The highest BCUT2D eigenvalue weighted by Gasteiger charge is 2.21. The molecule has 0 atom stereocenters. The summed E-state index contributed by atoms with van der Waals surface area (Å²) in [5, 5.41) is 13.9. The van der Waals surface area contributed by atoms with Crippen LogP contribution in [0.2, 0.25) is 0 Å². The van der Waals surface area contributed by atoms with Gasteiger partial charge in [0.1, 0.15) is 0 Å². The van der Waals surface area contributed by atoms with Crippen molar-refractivity contribution in [3.05, 3.63) is 58.5 Å². The lowest BCUT2D eigenvalue weighted by molar-refractivity contribution is 0.0699. The number of carboxylic acid groups (broad SMARTS) is 1. The zero-order valence-electron chi connectivity index (χ0n) is 15.2. The standard InChI is InChI=1S/C22H22N2O2S/c1-13-9-10-16(22(25)26)19-15(7-4-5-11-23)21(24-20(13)19)17-12-27-18-8-3-2-6-14(17)18/h2-3,6,8-10,12,24H,4-5,7,11,23H2,1H3,(H,25,26). The zero-order valence-corrected chi connectivity index (χ0v) is 16.0. The van der Waals surface area contributed by atoms with Crippen molar-refractivity contribution in [2.24, 2.45) is 5.73 Å². The van der Waals surface area contributed by atoms with E-state index in [-0.39, 0.29) is 0 Å². The average molecular weight is 378 g/mol. The zero-order chi connectivity index (χ0) is 19.0. The SMILES string of the molecule is Cc1ccc(C(=O)O)c2c(CCCCN)c(-c3csc4ccccc34)[nH]c12. The lowest BCUT2D eigenvalue weighted by Crippen LogP contribution is -2.01. The number of aromatic amines is 1. The first kappa shape index (κ1) is 17.8. The average Bonchev–Trinajstić information content (AvgIpc) is 3.24. The highest BCUT2D eigenvalue weighted by Crippen LogP contribution is 2.40. The first-order valence-electron chi connectivity index (χ1n) is 9.16. The van der Waals surface area contributed by atoms with Crippen molar-refractivity contribution < 1.29 is 9.90 Å². The lowest BCUT2D eigenvalue weighted by Gasteiger charge is -2.07. The minimum atomic E-state index is -0.888.